The first-order valence-electron chi connectivity index (χ1n) is 10.5. The Bertz CT molecular complexity index is 1190. The number of hydrogen-bond donors (Lipinski definition) is 1. The number of hydrogen-bond acceptors (Lipinski definition) is 3. The van der Waals surface area contributed by atoms with Crippen LogP contribution in [0.25, 0.3) is 0 Å². The Balaban J connectivity index is 1.53. The highest BCUT2D eigenvalue weighted by molar-refractivity contribution is 6.28. The molecular weight excluding hydrogens is 386 g/mol. The van der Waals surface area contributed by atoms with Gasteiger partial charge in [-0.1, -0.05) is 69.3 Å². The molecule has 4 rings (SSSR count). The van der Waals surface area contributed by atoms with Crippen molar-refractivity contribution >= 4 is 23.2 Å². The van der Waals surface area contributed by atoms with Gasteiger partial charge in [0, 0.05) is 33.4 Å². The second-order valence-corrected chi connectivity index (χ2v) is 8.65. The number of nitrogens with one attached hydrogen (secondary N) is 1. The molecule has 0 saturated heterocycles. The summed E-state index contributed by atoms with van der Waals surface area (Å²) in [5.41, 5.74) is 4.23. The summed E-state index contributed by atoms with van der Waals surface area (Å²) in [4.78, 5) is 38.0. The summed E-state index contributed by atoms with van der Waals surface area (Å²) in [5.74, 6) is -0.212. The van der Waals surface area contributed by atoms with E-state index in [1.165, 1.54) is 0 Å². The van der Waals surface area contributed by atoms with Gasteiger partial charge in [0.1, 0.15) is 0 Å². The SMILES string of the molecule is CCC(C)(C)C(=O)Nc1ccc(Cc2ccc3c(c2)C(=O)c2ccccc2C3=O)cc1. The van der Waals surface area contributed by atoms with Gasteiger partial charge in [-0.15, -0.1) is 0 Å². The Morgan fingerprint density at radius 1 is 0.774 bits per heavy atom. The molecule has 0 saturated carbocycles. The van der Waals surface area contributed by atoms with E-state index in [1.54, 1.807) is 30.3 Å². The Morgan fingerprint density at radius 2 is 1.32 bits per heavy atom. The van der Waals surface area contributed by atoms with Crippen LogP contribution in [-0.2, 0) is 11.2 Å². The van der Waals surface area contributed by atoms with Crippen molar-refractivity contribution in [1.29, 1.82) is 0 Å². The predicted octanol–water partition coefficient (Wildman–Crippen LogP) is 5.43. The summed E-state index contributed by atoms with van der Waals surface area (Å²) in [6.07, 6.45) is 1.39. The fourth-order valence-corrected chi connectivity index (χ4v) is 3.66. The van der Waals surface area contributed by atoms with Crippen molar-refractivity contribution in [3.63, 3.8) is 0 Å². The molecule has 1 aliphatic rings. The van der Waals surface area contributed by atoms with E-state index >= 15 is 0 Å². The number of rotatable bonds is 5. The van der Waals surface area contributed by atoms with E-state index in [9.17, 15) is 14.4 Å². The number of carbonyl (C=O) groups is 3. The second-order valence-electron chi connectivity index (χ2n) is 8.65. The molecule has 0 bridgehead atoms. The van der Waals surface area contributed by atoms with Crippen molar-refractivity contribution in [1.82, 2.24) is 0 Å². The van der Waals surface area contributed by atoms with Crippen LogP contribution >= 0.6 is 0 Å². The largest absolute Gasteiger partial charge is 0.326 e. The van der Waals surface area contributed by atoms with Gasteiger partial charge in [-0.3, -0.25) is 14.4 Å². The van der Waals surface area contributed by atoms with Crippen molar-refractivity contribution in [3.05, 3.63) is 100 Å². The van der Waals surface area contributed by atoms with Gasteiger partial charge in [-0.2, -0.15) is 0 Å². The number of ketones is 2. The normalized spacial score (nSPS) is 12.9. The van der Waals surface area contributed by atoms with Gasteiger partial charge in [0.05, 0.1) is 0 Å². The number of carbonyl (C=O) groups excluding carboxylic acids is 3. The van der Waals surface area contributed by atoms with Crippen molar-refractivity contribution in [3.8, 4) is 0 Å². The Kier molecular flexibility index (Phi) is 5.32. The van der Waals surface area contributed by atoms with Crippen molar-refractivity contribution in [2.45, 2.75) is 33.6 Å². The molecule has 0 atom stereocenters. The monoisotopic (exact) mass is 411 g/mol. The lowest BCUT2D eigenvalue weighted by atomic mass is 9.83. The zero-order valence-electron chi connectivity index (χ0n) is 18.0. The Hall–Kier alpha value is -3.53. The van der Waals surface area contributed by atoms with E-state index in [2.05, 4.69) is 5.32 Å². The third kappa shape index (κ3) is 3.93. The smallest absolute Gasteiger partial charge is 0.230 e. The second kappa shape index (κ2) is 7.95. The summed E-state index contributed by atoms with van der Waals surface area (Å²) in [6.45, 7) is 5.85. The van der Waals surface area contributed by atoms with Gasteiger partial charge in [-0.05, 0) is 42.2 Å². The molecule has 4 nitrogen and oxygen atoms in total. The summed E-state index contributed by atoms with van der Waals surface area (Å²) in [5, 5.41) is 2.96. The van der Waals surface area contributed by atoms with Gasteiger partial charge in [0.2, 0.25) is 5.91 Å². The van der Waals surface area contributed by atoms with Crippen LogP contribution in [0.3, 0.4) is 0 Å². The molecular formula is C27H25NO3. The van der Waals surface area contributed by atoms with Crippen LogP contribution in [0.4, 0.5) is 5.69 Å². The number of anilines is 1. The average Bonchev–Trinajstić information content (AvgIpc) is 2.78. The van der Waals surface area contributed by atoms with E-state index in [0.29, 0.717) is 28.7 Å². The first-order chi connectivity index (χ1) is 14.8. The fourth-order valence-electron chi connectivity index (χ4n) is 3.66. The Morgan fingerprint density at radius 3 is 1.94 bits per heavy atom. The minimum Gasteiger partial charge on any atom is -0.326 e. The quantitative estimate of drug-likeness (QED) is 0.476. The summed E-state index contributed by atoms with van der Waals surface area (Å²) in [7, 11) is 0. The highest BCUT2D eigenvalue weighted by Crippen LogP contribution is 2.29. The third-order valence-electron chi connectivity index (χ3n) is 6.11. The molecule has 0 aromatic heterocycles. The fraction of sp³-hybridized carbons (Fsp3) is 0.222. The highest BCUT2D eigenvalue weighted by Gasteiger charge is 2.29. The van der Waals surface area contributed by atoms with Gasteiger partial charge >= 0.3 is 0 Å². The predicted molar refractivity (Wildman–Crippen MR) is 122 cm³/mol. The maximum Gasteiger partial charge on any atom is 0.230 e. The first kappa shape index (κ1) is 20.7. The maximum atomic E-state index is 12.9. The maximum absolute atomic E-state index is 12.9. The molecule has 1 amide bonds. The zero-order chi connectivity index (χ0) is 22.2. The lowest BCUT2D eigenvalue weighted by Gasteiger charge is -2.21. The third-order valence-corrected chi connectivity index (χ3v) is 6.11. The zero-order valence-corrected chi connectivity index (χ0v) is 18.0. The molecule has 0 radical (unpaired) electrons. The lowest BCUT2D eigenvalue weighted by molar-refractivity contribution is -0.124. The molecule has 31 heavy (non-hydrogen) atoms. The van der Waals surface area contributed by atoms with Gasteiger partial charge in [0.15, 0.2) is 11.6 Å². The van der Waals surface area contributed by atoms with Crippen LogP contribution in [0.2, 0.25) is 0 Å². The van der Waals surface area contributed by atoms with Gasteiger partial charge in [-0.25, -0.2) is 0 Å². The molecule has 1 N–H and O–H groups in total. The standard InChI is InChI=1S/C27H25NO3/c1-4-27(2,3)26(31)28-19-12-9-17(10-13-19)15-18-11-14-22-23(16-18)25(30)21-8-6-5-7-20(21)24(22)29/h5-14,16H,4,15H2,1-3H3,(H,28,31). The molecule has 0 heterocycles. The van der Waals surface area contributed by atoms with Gasteiger partial charge in [0.25, 0.3) is 0 Å². The van der Waals surface area contributed by atoms with E-state index in [-0.39, 0.29) is 17.5 Å². The summed E-state index contributed by atoms with van der Waals surface area (Å²) >= 11 is 0. The first-order valence-corrected chi connectivity index (χ1v) is 10.5. The topological polar surface area (TPSA) is 63.2 Å². The highest BCUT2D eigenvalue weighted by atomic mass is 16.2. The van der Waals surface area contributed by atoms with Crippen molar-refractivity contribution in [2.24, 2.45) is 5.41 Å². The summed E-state index contributed by atoms with van der Waals surface area (Å²) in [6, 6.07) is 20.2. The minimum absolute atomic E-state index is 0.000832. The van der Waals surface area contributed by atoms with Crippen LogP contribution in [0.1, 0.15) is 70.2 Å². The van der Waals surface area contributed by atoms with E-state index in [1.807, 2.05) is 57.2 Å². The average molecular weight is 412 g/mol. The molecule has 3 aromatic rings. The van der Waals surface area contributed by atoms with Crippen molar-refractivity contribution < 1.29 is 14.4 Å². The molecule has 0 fully saturated rings. The van der Waals surface area contributed by atoms with Crippen molar-refractivity contribution in [2.75, 3.05) is 5.32 Å². The lowest BCUT2D eigenvalue weighted by Crippen LogP contribution is -2.29. The van der Waals surface area contributed by atoms with Crippen LogP contribution < -0.4 is 5.32 Å². The number of benzene rings is 3. The van der Waals surface area contributed by atoms with Crippen LogP contribution in [0.15, 0.2) is 66.7 Å². The van der Waals surface area contributed by atoms with Crippen LogP contribution in [0, 0.1) is 5.41 Å². The Labute approximate surface area is 182 Å². The number of amides is 1. The molecule has 0 spiro atoms. The van der Waals surface area contributed by atoms with Crippen LogP contribution in [-0.4, -0.2) is 17.5 Å². The van der Waals surface area contributed by atoms with E-state index in [4.69, 9.17) is 0 Å². The summed E-state index contributed by atoms with van der Waals surface area (Å²) < 4.78 is 0. The minimum atomic E-state index is -0.412. The molecule has 0 unspecified atom stereocenters. The van der Waals surface area contributed by atoms with Crippen LogP contribution in [0.5, 0.6) is 0 Å². The van der Waals surface area contributed by atoms with Gasteiger partial charge < -0.3 is 5.32 Å². The molecule has 156 valence electrons. The van der Waals surface area contributed by atoms with E-state index < -0.39 is 5.41 Å². The molecule has 4 heteroatoms. The van der Waals surface area contributed by atoms with E-state index in [0.717, 1.165) is 23.2 Å². The number of fused-ring (bicyclic) bond motifs is 2. The molecule has 0 aliphatic heterocycles. The molecule has 1 aliphatic carbocycles. The molecule has 3 aromatic carbocycles.